The van der Waals surface area contributed by atoms with Crippen molar-refractivity contribution in [3.63, 3.8) is 0 Å². The minimum Gasteiger partial charge on any atom is -0.389 e. The highest BCUT2D eigenvalue weighted by Crippen LogP contribution is 2.32. The predicted molar refractivity (Wildman–Crippen MR) is 74.9 cm³/mol. The maximum Gasteiger partial charge on any atom is 0.138 e. The summed E-state index contributed by atoms with van der Waals surface area (Å²) in [6.07, 6.45) is 4.10. The molecule has 1 aliphatic carbocycles. The van der Waals surface area contributed by atoms with Crippen molar-refractivity contribution >= 4 is 0 Å². The first-order chi connectivity index (χ1) is 8.89. The van der Waals surface area contributed by atoms with Gasteiger partial charge in [-0.1, -0.05) is 12.1 Å². The van der Waals surface area contributed by atoms with E-state index in [4.69, 9.17) is 4.52 Å². The van der Waals surface area contributed by atoms with Gasteiger partial charge in [0.25, 0.3) is 0 Å². The molecule has 0 spiro atoms. The predicted octanol–water partition coefficient (Wildman–Crippen LogP) is 2.66. The number of aliphatic hydroxyl groups is 1. The zero-order valence-corrected chi connectivity index (χ0v) is 12.6. The Balaban J connectivity index is 1.92. The van der Waals surface area contributed by atoms with E-state index in [0.717, 1.165) is 61.7 Å². The molecule has 1 heterocycles. The van der Waals surface area contributed by atoms with Crippen LogP contribution in [0.5, 0.6) is 0 Å². The molecular weight excluding hydrogens is 240 g/mol. The normalized spacial score (nSPS) is 28.0. The molecule has 1 fully saturated rings. The Hall–Kier alpha value is -0.870. The van der Waals surface area contributed by atoms with E-state index in [2.05, 4.69) is 24.0 Å². The molecule has 1 aromatic heterocycles. The van der Waals surface area contributed by atoms with E-state index in [0.29, 0.717) is 0 Å². The number of aromatic nitrogens is 1. The second kappa shape index (κ2) is 5.63. The second-order valence-corrected chi connectivity index (χ2v) is 6.38. The van der Waals surface area contributed by atoms with E-state index in [1.807, 2.05) is 13.8 Å². The van der Waals surface area contributed by atoms with Gasteiger partial charge in [0.1, 0.15) is 5.76 Å². The van der Waals surface area contributed by atoms with Crippen molar-refractivity contribution < 1.29 is 9.63 Å². The molecule has 0 bridgehead atoms. The molecule has 0 atom stereocenters. The average molecular weight is 266 g/mol. The smallest absolute Gasteiger partial charge is 0.138 e. The van der Waals surface area contributed by atoms with Crippen LogP contribution in [0.1, 0.15) is 49.6 Å². The van der Waals surface area contributed by atoms with E-state index in [9.17, 15) is 5.11 Å². The fourth-order valence-electron chi connectivity index (χ4n) is 3.01. The Bertz CT molecular complexity index is 400. The van der Waals surface area contributed by atoms with Crippen LogP contribution in [-0.4, -0.2) is 34.4 Å². The lowest BCUT2D eigenvalue weighted by Crippen LogP contribution is -2.43. The number of hydrogen-bond acceptors (Lipinski definition) is 4. The van der Waals surface area contributed by atoms with Crippen molar-refractivity contribution in [2.75, 3.05) is 13.6 Å². The topological polar surface area (TPSA) is 49.5 Å². The molecule has 0 unspecified atom stereocenters. The van der Waals surface area contributed by atoms with Gasteiger partial charge in [0.2, 0.25) is 0 Å². The van der Waals surface area contributed by atoms with Crippen LogP contribution < -0.4 is 0 Å². The highest BCUT2D eigenvalue weighted by Gasteiger charge is 2.33. The Labute approximate surface area is 115 Å². The molecule has 0 aromatic carbocycles. The van der Waals surface area contributed by atoms with Gasteiger partial charge in [-0.3, -0.25) is 4.90 Å². The Kier molecular flexibility index (Phi) is 4.31. The standard InChI is InChI=1S/C15H26N2O2/c1-11-5-7-15(18,8-6-11)10-17(4)9-14-12(2)16-19-13(14)3/h11,18H,5-10H2,1-4H3. The third-order valence-electron chi connectivity index (χ3n) is 4.38. The van der Waals surface area contributed by atoms with Gasteiger partial charge in [-0.15, -0.1) is 0 Å². The zero-order valence-electron chi connectivity index (χ0n) is 12.6. The molecule has 0 radical (unpaired) electrons. The summed E-state index contributed by atoms with van der Waals surface area (Å²) in [5.74, 6) is 1.64. The van der Waals surface area contributed by atoms with Crippen LogP contribution in [0.3, 0.4) is 0 Å². The highest BCUT2D eigenvalue weighted by atomic mass is 16.5. The van der Waals surface area contributed by atoms with Crippen molar-refractivity contribution in [2.45, 2.75) is 58.6 Å². The number of rotatable bonds is 4. The fourth-order valence-corrected chi connectivity index (χ4v) is 3.01. The summed E-state index contributed by atoms with van der Waals surface area (Å²) in [5, 5.41) is 14.6. The molecule has 1 aliphatic rings. The maximum absolute atomic E-state index is 10.6. The molecule has 4 nitrogen and oxygen atoms in total. The van der Waals surface area contributed by atoms with Gasteiger partial charge in [-0.05, 0) is 52.5 Å². The lowest BCUT2D eigenvalue weighted by molar-refractivity contribution is -0.0316. The van der Waals surface area contributed by atoms with E-state index in [1.165, 1.54) is 0 Å². The van der Waals surface area contributed by atoms with Crippen LogP contribution in [0.4, 0.5) is 0 Å². The van der Waals surface area contributed by atoms with Crippen LogP contribution in [0.25, 0.3) is 0 Å². The summed E-state index contributed by atoms with van der Waals surface area (Å²) < 4.78 is 5.19. The summed E-state index contributed by atoms with van der Waals surface area (Å²) in [6.45, 7) is 7.70. The molecule has 0 amide bonds. The maximum atomic E-state index is 10.6. The monoisotopic (exact) mass is 266 g/mol. The first kappa shape index (κ1) is 14.5. The number of aryl methyl sites for hydroxylation is 2. The largest absolute Gasteiger partial charge is 0.389 e. The number of nitrogens with zero attached hydrogens (tertiary/aromatic N) is 2. The van der Waals surface area contributed by atoms with Crippen molar-refractivity contribution in [2.24, 2.45) is 5.92 Å². The SMILES string of the molecule is Cc1noc(C)c1CN(C)CC1(O)CCC(C)CC1. The molecule has 1 N–H and O–H groups in total. The molecular formula is C15H26N2O2. The van der Waals surface area contributed by atoms with Crippen molar-refractivity contribution in [1.82, 2.24) is 10.1 Å². The lowest BCUT2D eigenvalue weighted by Gasteiger charge is -2.37. The van der Waals surface area contributed by atoms with E-state index >= 15 is 0 Å². The van der Waals surface area contributed by atoms with Gasteiger partial charge in [0, 0.05) is 18.7 Å². The van der Waals surface area contributed by atoms with Gasteiger partial charge in [0.15, 0.2) is 0 Å². The highest BCUT2D eigenvalue weighted by molar-refractivity contribution is 5.20. The summed E-state index contributed by atoms with van der Waals surface area (Å²) >= 11 is 0. The third kappa shape index (κ3) is 3.57. The quantitative estimate of drug-likeness (QED) is 0.910. The number of hydrogen-bond donors (Lipinski definition) is 1. The summed E-state index contributed by atoms with van der Waals surface area (Å²) in [4.78, 5) is 2.18. The minimum absolute atomic E-state index is 0.514. The fraction of sp³-hybridized carbons (Fsp3) is 0.800. The van der Waals surface area contributed by atoms with Gasteiger partial charge in [0.05, 0.1) is 11.3 Å². The summed E-state index contributed by atoms with van der Waals surface area (Å²) in [7, 11) is 2.06. The first-order valence-electron chi connectivity index (χ1n) is 7.22. The van der Waals surface area contributed by atoms with E-state index < -0.39 is 5.60 Å². The van der Waals surface area contributed by atoms with Crippen LogP contribution in [0.2, 0.25) is 0 Å². The van der Waals surface area contributed by atoms with Crippen molar-refractivity contribution in [3.05, 3.63) is 17.0 Å². The molecule has 19 heavy (non-hydrogen) atoms. The van der Waals surface area contributed by atoms with Gasteiger partial charge < -0.3 is 9.63 Å². The van der Waals surface area contributed by atoms with Crippen molar-refractivity contribution in [3.8, 4) is 0 Å². The molecule has 0 aliphatic heterocycles. The Morgan fingerprint density at radius 2 is 2.00 bits per heavy atom. The van der Waals surface area contributed by atoms with Crippen LogP contribution in [-0.2, 0) is 6.54 Å². The first-order valence-corrected chi connectivity index (χ1v) is 7.22. The Morgan fingerprint density at radius 1 is 1.37 bits per heavy atom. The molecule has 2 rings (SSSR count). The lowest BCUT2D eigenvalue weighted by atomic mass is 9.79. The van der Waals surface area contributed by atoms with Gasteiger partial charge >= 0.3 is 0 Å². The van der Waals surface area contributed by atoms with Crippen molar-refractivity contribution in [1.29, 1.82) is 0 Å². The molecule has 1 saturated carbocycles. The molecule has 1 aromatic rings. The van der Waals surface area contributed by atoms with Gasteiger partial charge in [-0.25, -0.2) is 0 Å². The van der Waals surface area contributed by atoms with E-state index in [1.54, 1.807) is 0 Å². The van der Waals surface area contributed by atoms with Crippen LogP contribution in [0, 0.1) is 19.8 Å². The summed E-state index contributed by atoms with van der Waals surface area (Å²) in [5.41, 5.74) is 1.59. The molecule has 108 valence electrons. The third-order valence-corrected chi connectivity index (χ3v) is 4.38. The van der Waals surface area contributed by atoms with E-state index in [-0.39, 0.29) is 0 Å². The molecule has 0 saturated heterocycles. The average Bonchev–Trinajstić information content (AvgIpc) is 2.65. The zero-order chi connectivity index (χ0) is 14.0. The second-order valence-electron chi connectivity index (χ2n) is 6.38. The van der Waals surface area contributed by atoms with Gasteiger partial charge in [-0.2, -0.15) is 0 Å². The summed E-state index contributed by atoms with van der Waals surface area (Å²) in [6, 6.07) is 0. The Morgan fingerprint density at radius 3 is 2.53 bits per heavy atom. The minimum atomic E-state index is -0.514. The number of likely N-dealkylation sites (N-methyl/N-ethyl adjacent to an activating group) is 1. The van der Waals surface area contributed by atoms with Crippen LogP contribution >= 0.6 is 0 Å². The molecule has 4 heteroatoms. The van der Waals surface area contributed by atoms with Crippen LogP contribution in [0.15, 0.2) is 4.52 Å².